The van der Waals surface area contributed by atoms with Crippen LogP contribution in [0.15, 0.2) is 53.7 Å². The predicted molar refractivity (Wildman–Crippen MR) is 97.3 cm³/mol. The van der Waals surface area contributed by atoms with E-state index in [1.807, 2.05) is 31.4 Å². The lowest BCUT2D eigenvalue weighted by atomic mass is 10.2. The molecule has 1 aromatic carbocycles. The molecular formula is C16H19IN4. The van der Waals surface area contributed by atoms with Crippen LogP contribution in [0.2, 0.25) is 0 Å². The number of para-hydroxylation sites is 1. The van der Waals surface area contributed by atoms with Crippen molar-refractivity contribution in [1.29, 1.82) is 0 Å². The number of fused-ring (bicyclic) bond motifs is 1. The van der Waals surface area contributed by atoms with E-state index in [2.05, 4.69) is 44.5 Å². The van der Waals surface area contributed by atoms with Crippen LogP contribution in [-0.2, 0) is 13.0 Å². The molecule has 0 aliphatic carbocycles. The number of guanidine groups is 1. The zero-order valence-electron chi connectivity index (χ0n) is 12.0. The minimum Gasteiger partial charge on any atom is -0.350 e. The molecule has 0 atom stereocenters. The van der Waals surface area contributed by atoms with E-state index >= 15 is 0 Å². The average molecular weight is 394 g/mol. The molecule has 1 aromatic heterocycles. The Morgan fingerprint density at radius 3 is 2.81 bits per heavy atom. The van der Waals surface area contributed by atoms with Gasteiger partial charge in [-0.25, -0.2) is 0 Å². The van der Waals surface area contributed by atoms with Crippen LogP contribution < -0.4 is 10.2 Å². The van der Waals surface area contributed by atoms with Crippen LogP contribution in [0.1, 0.15) is 11.3 Å². The number of rotatable bonds is 2. The monoisotopic (exact) mass is 394 g/mol. The fourth-order valence-corrected chi connectivity index (χ4v) is 2.53. The standard InChI is InChI=1S/C16H18N4.HI/c1-17-16(19-12-14-7-4-5-10-18-14)20-11-9-13-6-2-3-8-15(13)20;/h2-8,10H,9,11-12H2,1H3,(H,17,19);1H. The Morgan fingerprint density at radius 1 is 1.24 bits per heavy atom. The van der Waals surface area contributed by atoms with Gasteiger partial charge < -0.3 is 10.2 Å². The highest BCUT2D eigenvalue weighted by Gasteiger charge is 2.22. The molecule has 21 heavy (non-hydrogen) atoms. The van der Waals surface area contributed by atoms with E-state index in [1.54, 1.807) is 0 Å². The van der Waals surface area contributed by atoms with E-state index in [0.717, 1.165) is 24.6 Å². The molecule has 0 saturated carbocycles. The predicted octanol–water partition coefficient (Wildman–Crippen LogP) is 2.84. The highest BCUT2D eigenvalue weighted by Crippen LogP contribution is 2.27. The molecular weight excluding hydrogens is 375 g/mol. The SMILES string of the molecule is CN=C(NCc1ccccn1)N1CCc2ccccc21.I. The van der Waals surface area contributed by atoms with Crippen molar-refractivity contribution in [3.05, 3.63) is 59.9 Å². The normalized spacial score (nSPS) is 13.6. The molecule has 2 aromatic rings. The number of anilines is 1. The molecule has 0 saturated heterocycles. The summed E-state index contributed by atoms with van der Waals surface area (Å²) in [7, 11) is 1.82. The third-order valence-electron chi connectivity index (χ3n) is 3.51. The highest BCUT2D eigenvalue weighted by molar-refractivity contribution is 14.0. The van der Waals surface area contributed by atoms with Crippen molar-refractivity contribution >= 4 is 35.6 Å². The van der Waals surface area contributed by atoms with Gasteiger partial charge in [0, 0.05) is 25.5 Å². The van der Waals surface area contributed by atoms with Gasteiger partial charge in [0.25, 0.3) is 0 Å². The fraction of sp³-hybridized carbons (Fsp3) is 0.250. The summed E-state index contributed by atoms with van der Waals surface area (Å²) in [5.41, 5.74) is 3.65. The topological polar surface area (TPSA) is 40.5 Å². The molecule has 0 radical (unpaired) electrons. The maximum absolute atomic E-state index is 4.39. The van der Waals surface area contributed by atoms with Gasteiger partial charge in [-0.05, 0) is 30.2 Å². The first kappa shape index (κ1) is 15.8. The quantitative estimate of drug-likeness (QED) is 0.484. The third kappa shape index (κ3) is 3.53. The summed E-state index contributed by atoms with van der Waals surface area (Å²) in [6.45, 7) is 1.66. The second-order valence-electron chi connectivity index (χ2n) is 4.75. The van der Waals surface area contributed by atoms with E-state index < -0.39 is 0 Å². The zero-order chi connectivity index (χ0) is 13.8. The summed E-state index contributed by atoms with van der Waals surface area (Å²) in [5, 5.41) is 3.38. The molecule has 0 bridgehead atoms. The van der Waals surface area contributed by atoms with E-state index in [4.69, 9.17) is 0 Å². The molecule has 0 fully saturated rings. The number of pyridine rings is 1. The highest BCUT2D eigenvalue weighted by atomic mass is 127. The number of nitrogens with zero attached hydrogens (tertiary/aromatic N) is 3. The smallest absolute Gasteiger partial charge is 0.198 e. The molecule has 0 amide bonds. The van der Waals surface area contributed by atoms with Gasteiger partial charge >= 0.3 is 0 Å². The summed E-state index contributed by atoms with van der Waals surface area (Å²) < 4.78 is 0. The first-order valence-electron chi connectivity index (χ1n) is 6.84. The molecule has 1 aliphatic rings. The number of hydrogen-bond acceptors (Lipinski definition) is 2. The van der Waals surface area contributed by atoms with Crippen LogP contribution >= 0.6 is 24.0 Å². The lowest BCUT2D eigenvalue weighted by molar-refractivity contribution is 0.840. The van der Waals surface area contributed by atoms with Gasteiger partial charge in [-0.1, -0.05) is 24.3 Å². The van der Waals surface area contributed by atoms with Gasteiger partial charge in [0.05, 0.1) is 12.2 Å². The van der Waals surface area contributed by atoms with E-state index in [-0.39, 0.29) is 24.0 Å². The lowest BCUT2D eigenvalue weighted by Gasteiger charge is -2.22. The number of nitrogens with one attached hydrogen (secondary N) is 1. The molecule has 5 heteroatoms. The molecule has 0 unspecified atom stereocenters. The van der Waals surface area contributed by atoms with Gasteiger partial charge in [-0.3, -0.25) is 9.98 Å². The summed E-state index contributed by atoms with van der Waals surface area (Å²) in [4.78, 5) is 10.9. The van der Waals surface area contributed by atoms with Crippen LogP contribution in [-0.4, -0.2) is 24.5 Å². The Labute approximate surface area is 142 Å². The van der Waals surface area contributed by atoms with Crippen molar-refractivity contribution in [2.24, 2.45) is 4.99 Å². The molecule has 1 N–H and O–H groups in total. The molecule has 4 nitrogen and oxygen atoms in total. The van der Waals surface area contributed by atoms with E-state index in [9.17, 15) is 0 Å². The largest absolute Gasteiger partial charge is 0.350 e. The lowest BCUT2D eigenvalue weighted by Crippen LogP contribution is -2.40. The van der Waals surface area contributed by atoms with Crippen molar-refractivity contribution in [3.8, 4) is 0 Å². The van der Waals surface area contributed by atoms with E-state index in [1.165, 1.54) is 11.3 Å². The number of aromatic nitrogens is 1. The van der Waals surface area contributed by atoms with Gasteiger partial charge in [0.2, 0.25) is 0 Å². The molecule has 2 heterocycles. The van der Waals surface area contributed by atoms with E-state index in [0.29, 0.717) is 6.54 Å². The number of benzene rings is 1. The zero-order valence-corrected chi connectivity index (χ0v) is 14.3. The average Bonchev–Trinajstić information content (AvgIpc) is 2.93. The Hall–Kier alpha value is -1.63. The molecule has 0 spiro atoms. The molecule has 1 aliphatic heterocycles. The van der Waals surface area contributed by atoms with Gasteiger partial charge in [-0.2, -0.15) is 0 Å². The van der Waals surface area contributed by atoms with Crippen molar-refractivity contribution < 1.29 is 0 Å². The van der Waals surface area contributed by atoms with Gasteiger partial charge in [-0.15, -0.1) is 24.0 Å². The van der Waals surface area contributed by atoms with Crippen LogP contribution in [0.4, 0.5) is 5.69 Å². The minimum atomic E-state index is 0. The number of aliphatic imine (C=N–C) groups is 1. The Balaban J connectivity index is 0.00000161. The fourth-order valence-electron chi connectivity index (χ4n) is 2.53. The molecule has 110 valence electrons. The van der Waals surface area contributed by atoms with Crippen LogP contribution in [0.3, 0.4) is 0 Å². The van der Waals surface area contributed by atoms with Crippen molar-refractivity contribution in [2.45, 2.75) is 13.0 Å². The second-order valence-corrected chi connectivity index (χ2v) is 4.75. The summed E-state index contributed by atoms with van der Waals surface area (Å²) >= 11 is 0. The Morgan fingerprint density at radius 2 is 2.05 bits per heavy atom. The third-order valence-corrected chi connectivity index (χ3v) is 3.51. The number of halogens is 1. The van der Waals surface area contributed by atoms with Crippen molar-refractivity contribution in [3.63, 3.8) is 0 Å². The van der Waals surface area contributed by atoms with Crippen molar-refractivity contribution in [2.75, 3.05) is 18.5 Å². The maximum atomic E-state index is 4.39. The van der Waals surface area contributed by atoms with Crippen LogP contribution in [0, 0.1) is 0 Å². The van der Waals surface area contributed by atoms with Crippen LogP contribution in [0.5, 0.6) is 0 Å². The second kappa shape index (κ2) is 7.40. The molecule has 3 rings (SSSR count). The van der Waals surface area contributed by atoms with Gasteiger partial charge in [0.1, 0.15) is 0 Å². The summed E-state index contributed by atoms with van der Waals surface area (Å²) in [6.07, 6.45) is 2.88. The van der Waals surface area contributed by atoms with Crippen molar-refractivity contribution in [1.82, 2.24) is 10.3 Å². The van der Waals surface area contributed by atoms with Crippen LogP contribution in [0.25, 0.3) is 0 Å². The Kier molecular flexibility index (Phi) is 5.55. The maximum Gasteiger partial charge on any atom is 0.198 e. The number of hydrogen-bond donors (Lipinski definition) is 1. The first-order valence-corrected chi connectivity index (χ1v) is 6.84. The minimum absolute atomic E-state index is 0. The summed E-state index contributed by atoms with van der Waals surface area (Å²) in [6, 6.07) is 14.4. The van der Waals surface area contributed by atoms with Gasteiger partial charge in [0.15, 0.2) is 5.96 Å². The summed E-state index contributed by atoms with van der Waals surface area (Å²) in [5.74, 6) is 0.903. The Bertz CT molecular complexity index is 613. The first-order chi connectivity index (χ1) is 9.88.